The number of carbonyl (C=O) groups is 1. The van der Waals surface area contributed by atoms with Gasteiger partial charge in [-0.05, 0) is 100 Å². The third-order valence-corrected chi connectivity index (χ3v) is 13.1. The van der Waals surface area contributed by atoms with E-state index in [4.69, 9.17) is 9.84 Å². The zero-order valence-corrected chi connectivity index (χ0v) is 32.1. The van der Waals surface area contributed by atoms with Gasteiger partial charge in [0.25, 0.3) is 15.9 Å². The van der Waals surface area contributed by atoms with Crippen molar-refractivity contribution in [3.05, 3.63) is 108 Å². The number of fused-ring (bicyclic) bond motifs is 2. The molecule has 1 amide bonds. The minimum absolute atomic E-state index is 0.0785. The summed E-state index contributed by atoms with van der Waals surface area (Å²) in [4.78, 5) is 27.1. The van der Waals surface area contributed by atoms with Crippen molar-refractivity contribution < 1.29 is 28.1 Å². The second-order valence-corrected chi connectivity index (χ2v) is 16.8. The van der Waals surface area contributed by atoms with Crippen LogP contribution in [0.2, 0.25) is 6.82 Å². The van der Waals surface area contributed by atoms with Crippen molar-refractivity contribution in [3.63, 3.8) is 0 Å². The van der Waals surface area contributed by atoms with E-state index in [9.17, 15) is 23.3 Å². The molecule has 3 aromatic heterocycles. The van der Waals surface area contributed by atoms with E-state index in [1.807, 2.05) is 52.9 Å². The van der Waals surface area contributed by atoms with Crippen LogP contribution in [0.1, 0.15) is 64.7 Å². The zero-order chi connectivity index (χ0) is 38.7. The SMILES string of the molecule is CB(O)N1CCC(n2cc(-c3cc4c(-c5cccc(N6CCOc7cc(C8CC8)ccc7C6=O)c5CO)ncnc4n3S(=O)(=O)c3ccc(C)cc3)cn2)CC1. The molecule has 1 saturated heterocycles. The van der Waals surface area contributed by atoms with Crippen LogP contribution in [0.25, 0.3) is 33.5 Å². The number of ether oxygens (including phenoxy) is 1. The predicted octanol–water partition coefficient (Wildman–Crippen LogP) is 5.66. The van der Waals surface area contributed by atoms with E-state index in [2.05, 4.69) is 9.97 Å². The van der Waals surface area contributed by atoms with Crippen molar-refractivity contribution in [1.29, 1.82) is 0 Å². The van der Waals surface area contributed by atoms with Crippen LogP contribution in [0.3, 0.4) is 0 Å². The summed E-state index contributed by atoms with van der Waals surface area (Å²) in [5, 5.41) is 26.2. The predicted molar refractivity (Wildman–Crippen MR) is 213 cm³/mol. The standard InChI is InChI=1S/C41H42BN7O6S/c1-26-6-11-31(12-7-26)56(53,54)49-37(29-22-45-48(23-29)30-14-16-46(17-15-30)42(2)52)21-34-39(43-25-44-40(34)49)32-4-3-5-36(35(32)24-50)47-18-19-55-38-20-28(27-8-9-27)10-13-33(38)41(47)51/h3-7,10-13,20-23,25,27,30,50,52H,8-9,14-19,24H2,1-2H3. The third kappa shape index (κ3) is 6.37. The lowest BCUT2D eigenvalue weighted by atomic mass is 9.82. The molecule has 3 aromatic carbocycles. The Hall–Kier alpha value is -5.35. The Morgan fingerprint density at radius 1 is 0.946 bits per heavy atom. The van der Waals surface area contributed by atoms with Crippen LogP contribution in [-0.4, -0.2) is 86.3 Å². The molecule has 3 aliphatic rings. The van der Waals surface area contributed by atoms with Crippen molar-refractivity contribution in [2.45, 2.75) is 62.9 Å². The van der Waals surface area contributed by atoms with Gasteiger partial charge in [0.1, 0.15) is 18.7 Å². The summed E-state index contributed by atoms with van der Waals surface area (Å²) in [6, 6.07) is 19.8. The number of aliphatic hydroxyl groups is 1. The van der Waals surface area contributed by atoms with Gasteiger partial charge in [-0.3, -0.25) is 9.48 Å². The molecule has 286 valence electrons. The fourth-order valence-corrected chi connectivity index (χ4v) is 9.58. The molecular formula is C41H42BN7O6S. The third-order valence-electron chi connectivity index (χ3n) is 11.4. The molecule has 2 fully saturated rings. The van der Waals surface area contributed by atoms with E-state index in [1.165, 1.54) is 15.9 Å². The van der Waals surface area contributed by atoms with Gasteiger partial charge < -0.3 is 24.6 Å². The summed E-state index contributed by atoms with van der Waals surface area (Å²) in [6.07, 6.45) is 8.70. The quantitative estimate of drug-likeness (QED) is 0.176. The molecule has 0 unspecified atom stereocenters. The summed E-state index contributed by atoms with van der Waals surface area (Å²) >= 11 is 0. The number of aliphatic hydroxyl groups excluding tert-OH is 1. The Kier molecular flexibility index (Phi) is 9.27. The molecule has 2 aliphatic heterocycles. The highest BCUT2D eigenvalue weighted by Crippen LogP contribution is 2.43. The maximum atomic E-state index is 14.6. The fraction of sp³-hybridized carbons (Fsp3) is 0.317. The van der Waals surface area contributed by atoms with E-state index in [-0.39, 0.29) is 35.6 Å². The minimum atomic E-state index is -4.20. The number of rotatable bonds is 9. The summed E-state index contributed by atoms with van der Waals surface area (Å²) in [6.45, 7) is 5.22. The number of hydrogen-bond donors (Lipinski definition) is 2. The molecule has 1 saturated carbocycles. The van der Waals surface area contributed by atoms with Gasteiger partial charge in [0, 0.05) is 28.3 Å². The number of aromatic nitrogens is 5. The fourth-order valence-electron chi connectivity index (χ4n) is 8.10. The first-order valence-corrected chi connectivity index (χ1v) is 20.5. The number of aryl methyl sites for hydroxylation is 1. The van der Waals surface area contributed by atoms with Gasteiger partial charge in [-0.15, -0.1) is 0 Å². The van der Waals surface area contributed by atoms with Gasteiger partial charge >= 0.3 is 7.05 Å². The minimum Gasteiger partial charge on any atom is -0.491 e. The van der Waals surface area contributed by atoms with Crippen LogP contribution in [0.15, 0.2) is 90.3 Å². The number of amides is 1. The Morgan fingerprint density at radius 2 is 1.73 bits per heavy atom. The summed E-state index contributed by atoms with van der Waals surface area (Å²) in [5.41, 5.74) is 5.59. The van der Waals surface area contributed by atoms with E-state index in [0.717, 1.165) is 31.2 Å². The lowest BCUT2D eigenvalue weighted by molar-refractivity contribution is 0.0989. The molecule has 56 heavy (non-hydrogen) atoms. The average Bonchev–Trinajstić information content (AvgIpc) is 3.85. The highest BCUT2D eigenvalue weighted by Gasteiger charge is 2.32. The zero-order valence-electron chi connectivity index (χ0n) is 31.2. The molecule has 5 heterocycles. The molecule has 0 spiro atoms. The number of piperidine rings is 1. The van der Waals surface area contributed by atoms with Crippen LogP contribution in [-0.2, 0) is 16.6 Å². The summed E-state index contributed by atoms with van der Waals surface area (Å²) in [5.74, 6) is 0.850. The van der Waals surface area contributed by atoms with Crippen molar-refractivity contribution in [2.75, 3.05) is 31.1 Å². The lowest BCUT2D eigenvalue weighted by Gasteiger charge is -2.32. The van der Waals surface area contributed by atoms with E-state index < -0.39 is 23.7 Å². The maximum absolute atomic E-state index is 14.6. The topological polar surface area (TPSA) is 156 Å². The van der Waals surface area contributed by atoms with Gasteiger partial charge in [-0.2, -0.15) is 5.10 Å². The van der Waals surface area contributed by atoms with E-state index in [1.54, 1.807) is 54.3 Å². The molecule has 6 aromatic rings. The van der Waals surface area contributed by atoms with Crippen molar-refractivity contribution in [2.24, 2.45) is 0 Å². The molecule has 0 atom stereocenters. The van der Waals surface area contributed by atoms with Crippen molar-refractivity contribution >= 4 is 39.7 Å². The Labute approximate surface area is 325 Å². The average molecular weight is 772 g/mol. The largest absolute Gasteiger partial charge is 0.491 e. The van der Waals surface area contributed by atoms with Crippen LogP contribution < -0.4 is 9.64 Å². The van der Waals surface area contributed by atoms with Gasteiger partial charge in [0.15, 0.2) is 5.65 Å². The Bertz CT molecular complexity index is 2580. The molecule has 9 rings (SSSR count). The van der Waals surface area contributed by atoms with Crippen molar-refractivity contribution in [1.82, 2.24) is 28.5 Å². The van der Waals surface area contributed by atoms with Crippen LogP contribution in [0.5, 0.6) is 5.75 Å². The molecule has 15 heteroatoms. The van der Waals surface area contributed by atoms with Gasteiger partial charge in [0.05, 0.1) is 52.9 Å². The molecule has 0 radical (unpaired) electrons. The van der Waals surface area contributed by atoms with E-state index >= 15 is 0 Å². The summed E-state index contributed by atoms with van der Waals surface area (Å²) < 4.78 is 38.5. The van der Waals surface area contributed by atoms with E-state index in [0.29, 0.717) is 69.5 Å². The number of hydrogen-bond acceptors (Lipinski definition) is 10. The second-order valence-electron chi connectivity index (χ2n) is 15.0. The van der Waals surface area contributed by atoms with Crippen molar-refractivity contribution in [3.8, 4) is 28.3 Å². The van der Waals surface area contributed by atoms with Crippen LogP contribution in [0, 0.1) is 6.92 Å². The number of nitrogens with zero attached hydrogens (tertiary/aromatic N) is 7. The molecule has 2 N–H and O–H groups in total. The molecular weight excluding hydrogens is 729 g/mol. The number of anilines is 1. The second kappa shape index (κ2) is 14.3. The maximum Gasteiger partial charge on any atom is 0.376 e. The Morgan fingerprint density at radius 3 is 2.46 bits per heavy atom. The highest BCUT2D eigenvalue weighted by molar-refractivity contribution is 7.90. The lowest BCUT2D eigenvalue weighted by Crippen LogP contribution is -2.43. The normalized spacial score (nSPS) is 16.9. The smallest absolute Gasteiger partial charge is 0.376 e. The first-order chi connectivity index (χ1) is 27.1. The molecule has 0 bridgehead atoms. The number of benzene rings is 3. The Balaban J connectivity index is 1.16. The number of carbonyl (C=O) groups excluding carboxylic acids is 1. The molecule has 13 nitrogen and oxygen atoms in total. The van der Waals surface area contributed by atoms with Crippen LogP contribution in [0.4, 0.5) is 5.69 Å². The van der Waals surface area contributed by atoms with Gasteiger partial charge in [0.2, 0.25) is 0 Å². The summed E-state index contributed by atoms with van der Waals surface area (Å²) in [7, 11) is -4.72. The first-order valence-electron chi connectivity index (χ1n) is 19.1. The monoisotopic (exact) mass is 771 g/mol. The first kappa shape index (κ1) is 36.3. The van der Waals surface area contributed by atoms with Gasteiger partial charge in [-0.25, -0.2) is 22.4 Å². The van der Waals surface area contributed by atoms with Gasteiger partial charge in [-0.1, -0.05) is 35.9 Å². The van der Waals surface area contributed by atoms with Crippen LogP contribution >= 0.6 is 0 Å². The molecule has 1 aliphatic carbocycles. The highest BCUT2D eigenvalue weighted by atomic mass is 32.2.